The Morgan fingerprint density at radius 3 is 1.04 bits per heavy atom. The van der Waals surface area contributed by atoms with Crippen molar-refractivity contribution in [1.29, 1.82) is 0 Å². The summed E-state index contributed by atoms with van der Waals surface area (Å²) in [5, 5.41) is 8.09. The summed E-state index contributed by atoms with van der Waals surface area (Å²) in [6.45, 7) is 16.0. The standard InChI is InChI=1S/C14H10N2O.4C2H6/c1-3-7-11(8-4-1)13-15-16-14(17-13)12-9-5-2-6-10-12;4*1-2/h1-10H;4*1-2H3. The summed E-state index contributed by atoms with van der Waals surface area (Å²) in [5.74, 6) is 1.09. The van der Waals surface area contributed by atoms with E-state index in [9.17, 15) is 0 Å². The van der Waals surface area contributed by atoms with E-state index in [0.29, 0.717) is 11.8 Å². The first kappa shape index (κ1) is 24.8. The highest BCUT2D eigenvalue weighted by Gasteiger charge is 2.08. The molecule has 1 aromatic heterocycles. The third-order valence-corrected chi connectivity index (χ3v) is 2.47. The van der Waals surface area contributed by atoms with Gasteiger partial charge in [0.05, 0.1) is 0 Å². The molecule has 0 aliphatic heterocycles. The van der Waals surface area contributed by atoms with Crippen LogP contribution in [-0.2, 0) is 0 Å². The number of benzene rings is 2. The van der Waals surface area contributed by atoms with Gasteiger partial charge in [0.1, 0.15) is 0 Å². The molecule has 3 aromatic rings. The van der Waals surface area contributed by atoms with Gasteiger partial charge in [-0.2, -0.15) is 0 Å². The van der Waals surface area contributed by atoms with Crippen molar-refractivity contribution in [2.24, 2.45) is 0 Å². The number of rotatable bonds is 2. The Morgan fingerprint density at radius 2 is 0.760 bits per heavy atom. The van der Waals surface area contributed by atoms with Crippen molar-refractivity contribution in [3.05, 3.63) is 60.7 Å². The highest BCUT2D eigenvalue weighted by atomic mass is 16.4. The zero-order chi connectivity index (χ0) is 19.5. The average Bonchev–Trinajstić information content (AvgIpc) is 3.26. The van der Waals surface area contributed by atoms with Gasteiger partial charge in [0, 0.05) is 11.1 Å². The molecule has 138 valence electrons. The maximum atomic E-state index is 5.63. The van der Waals surface area contributed by atoms with Crippen LogP contribution in [0.3, 0.4) is 0 Å². The second kappa shape index (κ2) is 17.9. The molecule has 0 saturated heterocycles. The molecule has 3 heteroatoms. The third kappa shape index (κ3) is 8.85. The van der Waals surface area contributed by atoms with Gasteiger partial charge in [-0.15, -0.1) is 10.2 Å². The quantitative estimate of drug-likeness (QED) is 0.483. The van der Waals surface area contributed by atoms with E-state index in [1.165, 1.54) is 0 Å². The highest BCUT2D eigenvalue weighted by molar-refractivity contribution is 5.57. The first-order chi connectivity index (χ1) is 12.4. The summed E-state index contributed by atoms with van der Waals surface area (Å²) in [6, 6.07) is 19.5. The van der Waals surface area contributed by atoms with E-state index >= 15 is 0 Å². The fourth-order valence-corrected chi connectivity index (χ4v) is 1.62. The third-order valence-electron chi connectivity index (χ3n) is 2.47. The van der Waals surface area contributed by atoms with Crippen molar-refractivity contribution in [2.45, 2.75) is 55.4 Å². The first-order valence-electron chi connectivity index (χ1n) is 9.38. The Bertz CT molecular complexity index is 550. The Morgan fingerprint density at radius 1 is 0.480 bits per heavy atom. The lowest BCUT2D eigenvalue weighted by atomic mass is 10.2. The summed E-state index contributed by atoms with van der Waals surface area (Å²) in [5.41, 5.74) is 1.87. The lowest BCUT2D eigenvalue weighted by Crippen LogP contribution is -1.76. The van der Waals surface area contributed by atoms with Gasteiger partial charge in [-0.1, -0.05) is 91.8 Å². The monoisotopic (exact) mass is 342 g/mol. The molecule has 0 atom stereocenters. The molecule has 0 spiro atoms. The van der Waals surface area contributed by atoms with Gasteiger partial charge in [0.2, 0.25) is 11.8 Å². The van der Waals surface area contributed by atoms with E-state index in [0.717, 1.165) is 11.1 Å². The van der Waals surface area contributed by atoms with Crippen molar-refractivity contribution in [3.8, 4) is 22.9 Å². The first-order valence-corrected chi connectivity index (χ1v) is 9.38. The van der Waals surface area contributed by atoms with Crippen molar-refractivity contribution in [1.82, 2.24) is 10.2 Å². The largest absolute Gasteiger partial charge is 0.416 e. The zero-order valence-corrected chi connectivity index (χ0v) is 17.1. The molecule has 0 saturated carbocycles. The fraction of sp³-hybridized carbons (Fsp3) is 0.364. The van der Waals surface area contributed by atoms with Crippen molar-refractivity contribution < 1.29 is 4.42 Å². The molecular weight excluding hydrogens is 308 g/mol. The number of nitrogens with zero attached hydrogens (tertiary/aromatic N) is 2. The molecule has 3 rings (SSSR count). The lowest BCUT2D eigenvalue weighted by molar-refractivity contribution is 0.584. The SMILES string of the molecule is CC.CC.CC.CC.c1ccc(-c2nnc(-c3ccccc3)o2)cc1. The van der Waals surface area contributed by atoms with Crippen LogP contribution in [0.5, 0.6) is 0 Å². The van der Waals surface area contributed by atoms with E-state index < -0.39 is 0 Å². The van der Waals surface area contributed by atoms with E-state index in [-0.39, 0.29) is 0 Å². The zero-order valence-electron chi connectivity index (χ0n) is 17.1. The van der Waals surface area contributed by atoms with Crippen LogP contribution in [0, 0.1) is 0 Å². The minimum absolute atomic E-state index is 0.546. The van der Waals surface area contributed by atoms with Crippen LogP contribution in [0.1, 0.15) is 55.4 Å². The fourth-order valence-electron chi connectivity index (χ4n) is 1.62. The number of aromatic nitrogens is 2. The second-order valence-electron chi connectivity index (χ2n) is 3.64. The summed E-state index contributed by atoms with van der Waals surface area (Å²) in [6.07, 6.45) is 0. The molecule has 0 unspecified atom stereocenters. The van der Waals surface area contributed by atoms with Gasteiger partial charge < -0.3 is 4.42 Å². The molecule has 0 bridgehead atoms. The molecule has 2 aromatic carbocycles. The predicted molar refractivity (Wildman–Crippen MR) is 111 cm³/mol. The van der Waals surface area contributed by atoms with Gasteiger partial charge in [0.25, 0.3) is 0 Å². The number of hydrogen-bond donors (Lipinski definition) is 0. The second-order valence-corrected chi connectivity index (χ2v) is 3.64. The van der Waals surface area contributed by atoms with Crippen molar-refractivity contribution in [3.63, 3.8) is 0 Å². The molecule has 0 fully saturated rings. The minimum Gasteiger partial charge on any atom is -0.416 e. The molecule has 3 nitrogen and oxygen atoms in total. The van der Waals surface area contributed by atoms with Gasteiger partial charge in [-0.3, -0.25) is 0 Å². The molecule has 25 heavy (non-hydrogen) atoms. The van der Waals surface area contributed by atoms with Gasteiger partial charge in [-0.05, 0) is 24.3 Å². The van der Waals surface area contributed by atoms with Crippen LogP contribution in [0.4, 0.5) is 0 Å². The van der Waals surface area contributed by atoms with Gasteiger partial charge in [-0.25, -0.2) is 0 Å². The maximum absolute atomic E-state index is 5.63. The topological polar surface area (TPSA) is 38.9 Å². The van der Waals surface area contributed by atoms with E-state index in [2.05, 4.69) is 10.2 Å². The van der Waals surface area contributed by atoms with Crippen LogP contribution in [-0.4, -0.2) is 10.2 Å². The Labute approximate surface area is 154 Å². The van der Waals surface area contributed by atoms with Gasteiger partial charge in [0.15, 0.2) is 0 Å². The van der Waals surface area contributed by atoms with E-state index in [4.69, 9.17) is 4.42 Å². The predicted octanol–water partition coefficient (Wildman–Crippen LogP) is 7.51. The normalized spacial score (nSPS) is 8.00. The van der Waals surface area contributed by atoms with Crippen molar-refractivity contribution >= 4 is 0 Å². The Kier molecular flexibility index (Phi) is 17.8. The summed E-state index contributed by atoms with van der Waals surface area (Å²) >= 11 is 0. The molecular formula is C22H34N2O. The van der Waals surface area contributed by atoms with Crippen LogP contribution >= 0.6 is 0 Å². The summed E-state index contributed by atoms with van der Waals surface area (Å²) in [7, 11) is 0. The molecule has 0 N–H and O–H groups in total. The van der Waals surface area contributed by atoms with Crippen molar-refractivity contribution in [2.75, 3.05) is 0 Å². The minimum atomic E-state index is 0.546. The molecule has 0 aliphatic carbocycles. The number of hydrogen-bond acceptors (Lipinski definition) is 3. The summed E-state index contributed by atoms with van der Waals surface area (Å²) in [4.78, 5) is 0. The van der Waals surface area contributed by atoms with E-state index in [1.807, 2.05) is 116 Å². The molecule has 0 aliphatic rings. The summed E-state index contributed by atoms with van der Waals surface area (Å²) < 4.78 is 5.63. The smallest absolute Gasteiger partial charge is 0.248 e. The maximum Gasteiger partial charge on any atom is 0.248 e. The van der Waals surface area contributed by atoms with Crippen LogP contribution < -0.4 is 0 Å². The van der Waals surface area contributed by atoms with Crippen LogP contribution in [0.2, 0.25) is 0 Å². The lowest BCUT2D eigenvalue weighted by Gasteiger charge is -1.93. The Hall–Kier alpha value is -2.42. The van der Waals surface area contributed by atoms with Crippen LogP contribution in [0.15, 0.2) is 65.1 Å². The van der Waals surface area contributed by atoms with E-state index in [1.54, 1.807) is 0 Å². The molecule has 0 amide bonds. The van der Waals surface area contributed by atoms with Gasteiger partial charge >= 0.3 is 0 Å². The van der Waals surface area contributed by atoms with Crippen LogP contribution in [0.25, 0.3) is 22.9 Å². The Balaban J connectivity index is 0. The highest BCUT2D eigenvalue weighted by Crippen LogP contribution is 2.22. The molecule has 0 radical (unpaired) electrons. The average molecular weight is 343 g/mol. The molecule has 1 heterocycles.